The molecule has 2 rings (SSSR count). The first-order valence-electron chi connectivity index (χ1n) is 7.78. The predicted molar refractivity (Wildman–Crippen MR) is 90.2 cm³/mol. The SMILES string of the molecule is CC(C)(C)CC/N=C/c1cnc(C2CCN(C(=O)O)CC2)s1. The third-order valence-electron chi connectivity index (χ3n) is 3.87. The lowest BCUT2D eigenvalue weighted by molar-refractivity contribution is 0.132. The number of piperidine rings is 1. The molecule has 1 saturated heterocycles. The third-order valence-corrected chi connectivity index (χ3v) is 4.96. The maximum absolute atomic E-state index is 10.9. The summed E-state index contributed by atoms with van der Waals surface area (Å²) in [6, 6.07) is 0. The summed E-state index contributed by atoms with van der Waals surface area (Å²) in [4.78, 5) is 22.5. The molecule has 2 heterocycles. The molecule has 1 aliphatic heterocycles. The van der Waals surface area contributed by atoms with Crippen molar-refractivity contribution in [3.8, 4) is 0 Å². The van der Waals surface area contributed by atoms with Gasteiger partial charge in [0.2, 0.25) is 0 Å². The summed E-state index contributed by atoms with van der Waals surface area (Å²) in [5.74, 6) is 0.386. The van der Waals surface area contributed by atoms with Crippen LogP contribution in [0.15, 0.2) is 11.2 Å². The Bertz CT molecular complexity index is 526. The van der Waals surface area contributed by atoms with Gasteiger partial charge >= 0.3 is 6.09 Å². The van der Waals surface area contributed by atoms with Crippen LogP contribution in [0.1, 0.15) is 55.8 Å². The smallest absolute Gasteiger partial charge is 0.407 e. The van der Waals surface area contributed by atoms with E-state index in [2.05, 4.69) is 30.7 Å². The van der Waals surface area contributed by atoms with Crippen molar-refractivity contribution in [2.24, 2.45) is 10.4 Å². The molecule has 0 atom stereocenters. The zero-order valence-electron chi connectivity index (χ0n) is 13.6. The Kier molecular flexibility index (Phi) is 5.56. The van der Waals surface area contributed by atoms with Crippen molar-refractivity contribution in [3.63, 3.8) is 0 Å². The van der Waals surface area contributed by atoms with Gasteiger partial charge in [0.05, 0.1) is 9.88 Å². The largest absolute Gasteiger partial charge is 0.465 e. The van der Waals surface area contributed by atoms with Crippen molar-refractivity contribution in [3.05, 3.63) is 16.1 Å². The molecule has 1 amide bonds. The molecule has 1 aromatic rings. The van der Waals surface area contributed by atoms with Gasteiger partial charge in [0.15, 0.2) is 0 Å². The van der Waals surface area contributed by atoms with Crippen molar-refractivity contribution in [2.45, 2.75) is 46.0 Å². The van der Waals surface area contributed by atoms with Crippen LogP contribution in [-0.2, 0) is 0 Å². The van der Waals surface area contributed by atoms with Gasteiger partial charge in [-0.1, -0.05) is 20.8 Å². The Hall–Kier alpha value is -1.43. The normalized spacial score (nSPS) is 17.3. The van der Waals surface area contributed by atoms with Crippen LogP contribution < -0.4 is 0 Å². The molecule has 1 aliphatic rings. The molecule has 5 nitrogen and oxygen atoms in total. The van der Waals surface area contributed by atoms with E-state index < -0.39 is 6.09 Å². The van der Waals surface area contributed by atoms with E-state index in [9.17, 15) is 4.79 Å². The molecule has 0 aliphatic carbocycles. The van der Waals surface area contributed by atoms with E-state index >= 15 is 0 Å². The number of carbonyl (C=O) groups is 1. The summed E-state index contributed by atoms with van der Waals surface area (Å²) < 4.78 is 0. The number of amides is 1. The second kappa shape index (κ2) is 7.22. The Morgan fingerprint density at radius 1 is 1.50 bits per heavy atom. The summed E-state index contributed by atoms with van der Waals surface area (Å²) in [7, 11) is 0. The van der Waals surface area contributed by atoms with Crippen LogP contribution in [-0.4, -0.2) is 46.9 Å². The lowest BCUT2D eigenvalue weighted by Gasteiger charge is -2.28. The van der Waals surface area contributed by atoms with E-state index in [1.807, 2.05) is 12.4 Å². The van der Waals surface area contributed by atoms with Crippen LogP contribution in [0.4, 0.5) is 4.79 Å². The molecule has 22 heavy (non-hydrogen) atoms. The molecule has 1 aromatic heterocycles. The van der Waals surface area contributed by atoms with Crippen LogP contribution in [0.5, 0.6) is 0 Å². The molecular weight excluding hydrogens is 298 g/mol. The molecule has 6 heteroatoms. The van der Waals surface area contributed by atoms with Gasteiger partial charge in [-0.3, -0.25) is 4.99 Å². The van der Waals surface area contributed by atoms with E-state index in [4.69, 9.17) is 5.11 Å². The first-order valence-corrected chi connectivity index (χ1v) is 8.60. The molecule has 1 fully saturated rings. The number of likely N-dealkylation sites (tertiary alicyclic amines) is 1. The second-order valence-electron chi connectivity index (χ2n) is 6.99. The van der Waals surface area contributed by atoms with Gasteiger partial charge in [0.1, 0.15) is 0 Å². The number of rotatable bonds is 4. The van der Waals surface area contributed by atoms with Crippen LogP contribution in [0.2, 0.25) is 0 Å². The van der Waals surface area contributed by atoms with Gasteiger partial charge in [-0.25, -0.2) is 9.78 Å². The minimum atomic E-state index is -0.816. The maximum Gasteiger partial charge on any atom is 0.407 e. The second-order valence-corrected chi connectivity index (χ2v) is 8.08. The predicted octanol–water partition coefficient (Wildman–Crippen LogP) is 3.86. The topological polar surface area (TPSA) is 65.8 Å². The molecule has 122 valence electrons. The molecule has 1 N–H and O–H groups in total. The van der Waals surface area contributed by atoms with E-state index in [0.717, 1.165) is 35.7 Å². The minimum Gasteiger partial charge on any atom is -0.465 e. The third kappa shape index (κ3) is 5.09. The average Bonchev–Trinajstić information content (AvgIpc) is 2.91. The monoisotopic (exact) mass is 323 g/mol. The lowest BCUT2D eigenvalue weighted by atomic mass is 9.93. The quantitative estimate of drug-likeness (QED) is 0.856. The van der Waals surface area contributed by atoms with Gasteiger partial charge in [-0.2, -0.15) is 0 Å². The Morgan fingerprint density at radius 2 is 2.18 bits per heavy atom. The molecular formula is C16H25N3O2S. The van der Waals surface area contributed by atoms with Gasteiger partial charge in [0.25, 0.3) is 0 Å². The van der Waals surface area contributed by atoms with Crippen LogP contribution in [0.25, 0.3) is 0 Å². The molecule has 0 saturated carbocycles. The average molecular weight is 323 g/mol. The highest BCUT2D eigenvalue weighted by Gasteiger charge is 2.25. The maximum atomic E-state index is 10.9. The zero-order chi connectivity index (χ0) is 16.2. The summed E-state index contributed by atoms with van der Waals surface area (Å²) in [6.07, 6.45) is 5.77. The van der Waals surface area contributed by atoms with Crippen molar-refractivity contribution >= 4 is 23.6 Å². The van der Waals surface area contributed by atoms with Crippen LogP contribution in [0, 0.1) is 5.41 Å². The molecule has 0 aromatic carbocycles. The van der Waals surface area contributed by atoms with Crippen molar-refractivity contribution in [1.29, 1.82) is 0 Å². The number of thiazole rings is 1. The highest BCUT2D eigenvalue weighted by Crippen LogP contribution is 2.30. The number of aliphatic imine (C=N–C) groups is 1. The highest BCUT2D eigenvalue weighted by atomic mass is 32.1. The Labute approximate surface area is 136 Å². The highest BCUT2D eigenvalue weighted by molar-refractivity contribution is 7.13. The molecule has 0 radical (unpaired) electrons. The van der Waals surface area contributed by atoms with Crippen molar-refractivity contribution in [2.75, 3.05) is 19.6 Å². The Morgan fingerprint density at radius 3 is 2.77 bits per heavy atom. The van der Waals surface area contributed by atoms with Crippen molar-refractivity contribution < 1.29 is 9.90 Å². The van der Waals surface area contributed by atoms with Gasteiger partial charge in [-0.15, -0.1) is 11.3 Å². The molecule has 0 spiro atoms. The van der Waals surface area contributed by atoms with Gasteiger partial charge in [-0.05, 0) is 24.7 Å². The first-order chi connectivity index (χ1) is 10.3. The van der Waals surface area contributed by atoms with E-state index in [1.165, 1.54) is 4.90 Å². The fourth-order valence-electron chi connectivity index (χ4n) is 2.42. The number of hydrogen-bond acceptors (Lipinski definition) is 4. The Balaban J connectivity index is 1.84. The van der Waals surface area contributed by atoms with Crippen LogP contribution in [0.3, 0.4) is 0 Å². The fraction of sp³-hybridized carbons (Fsp3) is 0.688. The fourth-order valence-corrected chi connectivity index (χ4v) is 3.40. The summed E-state index contributed by atoms with van der Waals surface area (Å²) in [6.45, 7) is 8.71. The van der Waals surface area contributed by atoms with E-state index in [1.54, 1.807) is 11.3 Å². The first kappa shape index (κ1) is 16.9. The molecule has 0 bridgehead atoms. The standard InChI is InChI=1S/C16H25N3O2S/c1-16(2,3)6-7-17-10-13-11-18-14(22-13)12-4-8-19(9-5-12)15(20)21/h10-12H,4-9H2,1-3H3,(H,20,21)/b17-10+. The van der Waals surface area contributed by atoms with Gasteiger partial charge < -0.3 is 10.0 Å². The zero-order valence-corrected chi connectivity index (χ0v) is 14.4. The number of nitrogens with zero attached hydrogens (tertiary/aromatic N) is 3. The van der Waals surface area contributed by atoms with Crippen molar-refractivity contribution in [1.82, 2.24) is 9.88 Å². The summed E-state index contributed by atoms with van der Waals surface area (Å²) >= 11 is 1.68. The van der Waals surface area contributed by atoms with Crippen LogP contribution >= 0.6 is 11.3 Å². The van der Waals surface area contributed by atoms with E-state index in [0.29, 0.717) is 24.4 Å². The lowest BCUT2D eigenvalue weighted by Crippen LogP contribution is -2.36. The minimum absolute atomic E-state index is 0.314. The number of carboxylic acid groups (broad SMARTS) is 1. The summed E-state index contributed by atoms with van der Waals surface area (Å²) in [5, 5.41) is 10.1. The number of aromatic nitrogens is 1. The molecule has 0 unspecified atom stereocenters. The van der Waals surface area contributed by atoms with Gasteiger partial charge in [0, 0.05) is 38.0 Å². The van der Waals surface area contributed by atoms with E-state index in [-0.39, 0.29) is 0 Å². The summed E-state index contributed by atoms with van der Waals surface area (Å²) in [5.41, 5.74) is 0.314. The number of hydrogen-bond donors (Lipinski definition) is 1.